The predicted molar refractivity (Wildman–Crippen MR) is 229 cm³/mol. The molecule has 0 saturated carbocycles. The zero-order valence-corrected chi connectivity index (χ0v) is 31.4. The van der Waals surface area contributed by atoms with Crippen LogP contribution in [0, 0.1) is 0 Å². The highest BCUT2D eigenvalue weighted by Gasteiger charge is 2.47. The van der Waals surface area contributed by atoms with E-state index >= 15 is 0 Å². The number of anilines is 1. The van der Waals surface area contributed by atoms with Crippen LogP contribution in [-0.2, 0) is 6.42 Å². The molecule has 6 aromatic carbocycles. The van der Waals surface area contributed by atoms with Gasteiger partial charge in [0.25, 0.3) is 0 Å². The van der Waals surface area contributed by atoms with E-state index in [4.69, 9.17) is 6.58 Å². The minimum Gasteiger partial charge on any atom is -0.340 e. The fraction of sp³-hybridized carbons (Fsp3) is 0.137. The third-order valence-corrected chi connectivity index (χ3v) is 16.5. The number of hydrogen-bond acceptors (Lipinski definition) is 1. The lowest BCUT2D eigenvalue weighted by atomic mass is 9.93. The average molecular weight is 704 g/mol. The summed E-state index contributed by atoms with van der Waals surface area (Å²) in [5.41, 5.74) is 13.2. The molecule has 0 radical (unpaired) electrons. The van der Waals surface area contributed by atoms with Gasteiger partial charge in [-0.15, -0.1) is 0 Å². The normalized spacial score (nSPS) is 20.3. The Morgan fingerprint density at radius 3 is 2.09 bits per heavy atom. The van der Waals surface area contributed by atoms with Gasteiger partial charge >= 0.3 is 0 Å². The average Bonchev–Trinajstić information content (AvgIpc) is 3.79. The van der Waals surface area contributed by atoms with Crippen LogP contribution in [0.5, 0.6) is 0 Å². The Kier molecular flexibility index (Phi) is 8.64. The number of rotatable bonds is 6. The molecule has 0 bridgehead atoms. The fourth-order valence-corrected chi connectivity index (χ4v) is 14.6. The number of benzene rings is 6. The molecule has 0 N–H and O–H groups in total. The van der Waals surface area contributed by atoms with Crippen LogP contribution in [-0.4, -0.2) is 11.8 Å². The maximum atomic E-state index is 4.76. The van der Waals surface area contributed by atoms with Crippen molar-refractivity contribution in [1.29, 1.82) is 0 Å². The van der Waals surface area contributed by atoms with Gasteiger partial charge < -0.3 is 4.90 Å². The quantitative estimate of drug-likeness (QED) is 0.167. The zero-order chi connectivity index (χ0) is 35.9. The molecule has 3 aliphatic rings. The highest BCUT2D eigenvalue weighted by molar-refractivity contribution is 8.34. The number of para-hydroxylation sites is 1. The second kappa shape index (κ2) is 13.8. The molecule has 0 amide bonds. The van der Waals surface area contributed by atoms with E-state index in [-0.39, 0.29) is 10.5 Å². The van der Waals surface area contributed by atoms with E-state index in [2.05, 4.69) is 195 Å². The van der Waals surface area contributed by atoms with E-state index in [0.717, 1.165) is 25.0 Å². The standard InChI is InChI=1S/C51H45NS/c1-36-34-37(2)50(31-15-14-29-48(36)52-33-32-40-19-11-13-30-49(40)52)53(41-21-6-4-7-22-41,42-23-8-5-9-24-42)51-38(3)35-47-45(27-17-28-46(47)51)44-26-16-20-39-18-10-12-25-43(39)44/h4-30,34-35,50-51H,1,31-33H2,2-3H3/b15-14-,37-34-,48-29?. The van der Waals surface area contributed by atoms with Crippen LogP contribution >= 0.6 is 10.0 Å². The zero-order valence-electron chi connectivity index (χ0n) is 30.6. The summed E-state index contributed by atoms with van der Waals surface area (Å²) in [6, 6.07) is 54.3. The molecule has 0 saturated heterocycles. The molecule has 1 aliphatic heterocycles. The topological polar surface area (TPSA) is 3.24 Å². The lowest BCUT2D eigenvalue weighted by Gasteiger charge is -2.53. The summed E-state index contributed by atoms with van der Waals surface area (Å²) in [7, 11) is -1.82. The highest BCUT2D eigenvalue weighted by Crippen LogP contribution is 2.79. The molecule has 1 heterocycles. The van der Waals surface area contributed by atoms with Gasteiger partial charge in [-0.05, 0) is 117 Å². The molecule has 9 rings (SSSR count). The predicted octanol–water partition coefficient (Wildman–Crippen LogP) is 13.7. The van der Waals surface area contributed by atoms with Crippen molar-refractivity contribution in [2.75, 3.05) is 11.4 Å². The number of nitrogens with zero attached hydrogens (tertiary/aromatic N) is 1. The summed E-state index contributed by atoms with van der Waals surface area (Å²) >= 11 is 0. The molecule has 0 fully saturated rings. The molecule has 2 aliphatic carbocycles. The van der Waals surface area contributed by atoms with Gasteiger partial charge in [0, 0.05) is 28.4 Å². The molecule has 6 aromatic rings. The van der Waals surface area contributed by atoms with Gasteiger partial charge in [-0.2, -0.15) is 10.0 Å². The first-order chi connectivity index (χ1) is 26.1. The second-order valence-electron chi connectivity index (χ2n) is 14.6. The maximum absolute atomic E-state index is 4.76. The lowest BCUT2D eigenvalue weighted by molar-refractivity contribution is 0.939. The molecular weight excluding hydrogens is 659 g/mol. The Bertz CT molecular complexity index is 2440. The number of fused-ring (bicyclic) bond motifs is 3. The molecule has 0 spiro atoms. The first-order valence-corrected chi connectivity index (χ1v) is 20.6. The van der Waals surface area contributed by atoms with Gasteiger partial charge in [-0.3, -0.25) is 0 Å². The molecular formula is C51H45NS. The highest BCUT2D eigenvalue weighted by atomic mass is 32.3. The van der Waals surface area contributed by atoms with Crippen LogP contribution in [0.3, 0.4) is 0 Å². The number of allylic oxidation sites excluding steroid dienone is 4. The molecule has 260 valence electrons. The molecule has 0 aromatic heterocycles. The maximum Gasteiger partial charge on any atom is 0.0478 e. The summed E-state index contributed by atoms with van der Waals surface area (Å²) in [5.74, 6) is 0. The van der Waals surface area contributed by atoms with Gasteiger partial charge in [0.05, 0.1) is 0 Å². The molecule has 53 heavy (non-hydrogen) atoms. The van der Waals surface area contributed by atoms with Crippen molar-refractivity contribution in [2.45, 2.75) is 47.0 Å². The van der Waals surface area contributed by atoms with Gasteiger partial charge in [0.15, 0.2) is 0 Å². The van der Waals surface area contributed by atoms with Crippen LogP contribution in [0.25, 0.3) is 28.0 Å². The molecule has 1 nitrogen and oxygen atoms in total. The first kappa shape index (κ1) is 33.3. The van der Waals surface area contributed by atoms with Crippen molar-refractivity contribution in [3.63, 3.8) is 0 Å². The summed E-state index contributed by atoms with van der Waals surface area (Å²) in [4.78, 5) is 5.31. The van der Waals surface area contributed by atoms with E-state index < -0.39 is 10.0 Å². The molecule has 2 unspecified atom stereocenters. The molecule has 2 atom stereocenters. The SMILES string of the molecule is C=C1/C=C(/C)C(S(c2ccccc2)(c2ccccc2)C2C(C)=Cc3c(-c4cccc5ccccc45)cccc32)C/C=C\C=C1N1CCc2ccccc21. The number of hydrogen-bond donors (Lipinski definition) is 0. The van der Waals surface area contributed by atoms with Gasteiger partial charge in [0.1, 0.15) is 0 Å². The van der Waals surface area contributed by atoms with E-state index in [9.17, 15) is 0 Å². The van der Waals surface area contributed by atoms with E-state index in [1.54, 1.807) is 0 Å². The van der Waals surface area contributed by atoms with Crippen molar-refractivity contribution < 1.29 is 0 Å². The molecule has 2 heteroatoms. The Balaban J connectivity index is 1.25. The smallest absolute Gasteiger partial charge is 0.0478 e. The van der Waals surface area contributed by atoms with Crippen molar-refractivity contribution in [1.82, 2.24) is 0 Å². The van der Waals surface area contributed by atoms with Gasteiger partial charge in [-0.1, -0.05) is 157 Å². The summed E-state index contributed by atoms with van der Waals surface area (Å²) in [6.45, 7) is 10.5. The van der Waals surface area contributed by atoms with Gasteiger partial charge in [0.2, 0.25) is 0 Å². The van der Waals surface area contributed by atoms with E-state index in [1.165, 1.54) is 70.9 Å². The monoisotopic (exact) mass is 703 g/mol. The van der Waals surface area contributed by atoms with Crippen LogP contribution in [0.15, 0.2) is 209 Å². The second-order valence-corrected chi connectivity index (χ2v) is 18.0. The summed E-state index contributed by atoms with van der Waals surface area (Å²) < 4.78 is 0. The Hall–Kier alpha value is -5.57. The fourth-order valence-electron chi connectivity index (χ4n) is 9.30. The van der Waals surface area contributed by atoms with E-state index in [1.807, 2.05) is 0 Å². The Labute approximate surface area is 316 Å². The third-order valence-electron chi connectivity index (χ3n) is 11.5. The Morgan fingerprint density at radius 2 is 1.30 bits per heavy atom. The van der Waals surface area contributed by atoms with Crippen molar-refractivity contribution in [3.8, 4) is 11.1 Å². The lowest BCUT2D eigenvalue weighted by Crippen LogP contribution is -2.26. The van der Waals surface area contributed by atoms with Crippen molar-refractivity contribution in [2.24, 2.45) is 0 Å². The van der Waals surface area contributed by atoms with Crippen molar-refractivity contribution >= 4 is 32.6 Å². The Morgan fingerprint density at radius 1 is 0.642 bits per heavy atom. The van der Waals surface area contributed by atoms with Crippen LogP contribution in [0.4, 0.5) is 5.69 Å². The van der Waals surface area contributed by atoms with Crippen molar-refractivity contribution in [3.05, 3.63) is 216 Å². The third kappa shape index (κ3) is 5.56. The van der Waals surface area contributed by atoms with Crippen LogP contribution in [0.2, 0.25) is 0 Å². The van der Waals surface area contributed by atoms with E-state index in [0.29, 0.717) is 0 Å². The minimum atomic E-state index is -1.82. The minimum absolute atomic E-state index is 0.186. The summed E-state index contributed by atoms with van der Waals surface area (Å²) in [5, 5.41) is 2.98. The van der Waals surface area contributed by atoms with Gasteiger partial charge in [-0.25, -0.2) is 0 Å². The first-order valence-electron chi connectivity index (χ1n) is 18.9. The van der Waals surface area contributed by atoms with Crippen LogP contribution < -0.4 is 4.90 Å². The summed E-state index contributed by atoms with van der Waals surface area (Å²) in [6.07, 6.45) is 13.9. The van der Waals surface area contributed by atoms with Crippen LogP contribution in [0.1, 0.15) is 42.2 Å². The largest absolute Gasteiger partial charge is 0.340 e.